The van der Waals surface area contributed by atoms with E-state index in [4.69, 9.17) is 9.78 Å². The van der Waals surface area contributed by atoms with Crippen LogP contribution in [0.4, 0.5) is 0 Å². The van der Waals surface area contributed by atoms with Gasteiger partial charge in [0.05, 0.1) is 12.7 Å². The van der Waals surface area contributed by atoms with E-state index in [9.17, 15) is 0 Å². The van der Waals surface area contributed by atoms with Crippen molar-refractivity contribution < 1.29 is 9.78 Å². The molecule has 0 saturated carbocycles. The van der Waals surface area contributed by atoms with Gasteiger partial charge in [0.1, 0.15) is 0 Å². The first-order valence-corrected chi connectivity index (χ1v) is 4.69. The highest BCUT2D eigenvalue weighted by Gasteiger charge is 2.21. The second-order valence-corrected chi connectivity index (χ2v) is 3.53. The van der Waals surface area contributed by atoms with Gasteiger partial charge in [0.2, 0.25) is 0 Å². The van der Waals surface area contributed by atoms with E-state index in [0.29, 0.717) is 12.5 Å². The van der Waals surface area contributed by atoms with E-state index in [-0.39, 0.29) is 6.10 Å². The summed E-state index contributed by atoms with van der Waals surface area (Å²) in [6.45, 7) is 2.71. The van der Waals surface area contributed by atoms with Crippen molar-refractivity contribution in [1.29, 1.82) is 0 Å². The molecule has 1 aliphatic heterocycles. The molecule has 2 nitrogen and oxygen atoms in total. The molecule has 0 aliphatic carbocycles. The lowest BCUT2D eigenvalue weighted by Gasteiger charge is -2.26. The molecule has 0 bridgehead atoms. The number of hydrogen-bond acceptors (Lipinski definition) is 2. The standard InChI is InChI=1S/C11H14O2/c1-9-7-11(8-12-13-9)10-5-3-2-4-6-10/h2-6,9,11H,7-8H2,1H3/t9-,11-/m1/s1. The Morgan fingerprint density at radius 1 is 1.23 bits per heavy atom. The minimum Gasteiger partial charge on any atom is -0.236 e. The van der Waals surface area contributed by atoms with Crippen LogP contribution in [0.25, 0.3) is 0 Å². The third kappa shape index (κ3) is 2.08. The third-order valence-corrected chi connectivity index (χ3v) is 2.39. The smallest absolute Gasteiger partial charge is 0.0908 e. The van der Waals surface area contributed by atoms with Crippen molar-refractivity contribution >= 4 is 0 Å². The summed E-state index contributed by atoms with van der Waals surface area (Å²) in [4.78, 5) is 10.1. The number of hydrogen-bond donors (Lipinski definition) is 0. The van der Waals surface area contributed by atoms with E-state index in [1.807, 2.05) is 13.0 Å². The average molecular weight is 178 g/mol. The molecule has 1 saturated heterocycles. The first kappa shape index (κ1) is 8.73. The average Bonchev–Trinajstić information content (AvgIpc) is 2.19. The van der Waals surface area contributed by atoms with Gasteiger partial charge in [-0.3, -0.25) is 0 Å². The van der Waals surface area contributed by atoms with Gasteiger partial charge in [-0.05, 0) is 18.9 Å². The predicted molar refractivity (Wildman–Crippen MR) is 50.3 cm³/mol. The lowest BCUT2D eigenvalue weighted by atomic mass is 9.94. The van der Waals surface area contributed by atoms with E-state index in [0.717, 1.165) is 6.42 Å². The third-order valence-electron chi connectivity index (χ3n) is 2.39. The maximum absolute atomic E-state index is 5.05. The maximum atomic E-state index is 5.05. The largest absolute Gasteiger partial charge is 0.236 e. The minimum atomic E-state index is 0.207. The van der Waals surface area contributed by atoms with Gasteiger partial charge in [-0.2, -0.15) is 0 Å². The molecule has 0 radical (unpaired) electrons. The lowest BCUT2D eigenvalue weighted by molar-refractivity contribution is -0.344. The monoisotopic (exact) mass is 178 g/mol. The Kier molecular flexibility index (Phi) is 2.62. The first-order valence-electron chi connectivity index (χ1n) is 4.69. The fourth-order valence-corrected chi connectivity index (χ4v) is 1.70. The van der Waals surface area contributed by atoms with E-state index >= 15 is 0 Å². The molecule has 2 atom stereocenters. The molecule has 0 amide bonds. The Morgan fingerprint density at radius 2 is 2.00 bits per heavy atom. The highest BCUT2D eigenvalue weighted by atomic mass is 17.2. The van der Waals surface area contributed by atoms with Gasteiger partial charge in [0, 0.05) is 5.92 Å². The molecular formula is C11H14O2. The van der Waals surface area contributed by atoms with Crippen molar-refractivity contribution in [3.63, 3.8) is 0 Å². The van der Waals surface area contributed by atoms with Crippen molar-refractivity contribution in [3.8, 4) is 0 Å². The zero-order valence-electron chi connectivity index (χ0n) is 7.77. The Bertz CT molecular complexity index is 258. The van der Waals surface area contributed by atoms with Gasteiger partial charge in [0.15, 0.2) is 0 Å². The van der Waals surface area contributed by atoms with Crippen molar-refractivity contribution in [1.82, 2.24) is 0 Å². The zero-order chi connectivity index (χ0) is 9.10. The topological polar surface area (TPSA) is 18.5 Å². The first-order chi connectivity index (χ1) is 6.36. The molecule has 13 heavy (non-hydrogen) atoms. The SMILES string of the molecule is C[C@@H]1C[C@@H](c2ccccc2)COO1. The maximum Gasteiger partial charge on any atom is 0.0908 e. The fourth-order valence-electron chi connectivity index (χ4n) is 1.70. The zero-order valence-corrected chi connectivity index (χ0v) is 7.77. The summed E-state index contributed by atoms with van der Waals surface area (Å²) in [5.41, 5.74) is 1.35. The van der Waals surface area contributed by atoms with E-state index in [1.54, 1.807) is 0 Å². The summed E-state index contributed by atoms with van der Waals surface area (Å²) in [7, 11) is 0. The molecule has 1 aromatic rings. The molecule has 1 aromatic carbocycles. The Labute approximate surface area is 78.4 Å². The highest BCUT2D eigenvalue weighted by molar-refractivity contribution is 5.19. The van der Waals surface area contributed by atoms with Gasteiger partial charge < -0.3 is 0 Å². The molecule has 0 aromatic heterocycles. The second kappa shape index (κ2) is 3.90. The molecule has 0 N–H and O–H groups in total. The number of benzene rings is 1. The quantitative estimate of drug-likeness (QED) is 0.615. The van der Waals surface area contributed by atoms with Crippen molar-refractivity contribution in [2.24, 2.45) is 0 Å². The minimum absolute atomic E-state index is 0.207. The molecular weight excluding hydrogens is 164 g/mol. The van der Waals surface area contributed by atoms with Crippen molar-refractivity contribution in [2.45, 2.75) is 25.4 Å². The van der Waals surface area contributed by atoms with Crippen LogP contribution in [0.3, 0.4) is 0 Å². The van der Waals surface area contributed by atoms with Gasteiger partial charge in [-0.25, -0.2) is 9.78 Å². The van der Waals surface area contributed by atoms with Crippen LogP contribution in [-0.2, 0) is 9.78 Å². The van der Waals surface area contributed by atoms with Gasteiger partial charge in [0.25, 0.3) is 0 Å². The van der Waals surface area contributed by atoms with Crippen LogP contribution >= 0.6 is 0 Å². The molecule has 0 spiro atoms. The Balaban J connectivity index is 2.08. The van der Waals surface area contributed by atoms with Gasteiger partial charge in [-0.15, -0.1) is 0 Å². The summed E-state index contributed by atoms with van der Waals surface area (Å²) in [6, 6.07) is 10.5. The molecule has 70 valence electrons. The van der Waals surface area contributed by atoms with E-state index in [2.05, 4.69) is 24.3 Å². The molecule has 2 rings (SSSR count). The lowest BCUT2D eigenvalue weighted by Crippen LogP contribution is -2.24. The van der Waals surface area contributed by atoms with E-state index in [1.165, 1.54) is 5.56 Å². The van der Waals surface area contributed by atoms with Crippen LogP contribution in [0.5, 0.6) is 0 Å². The van der Waals surface area contributed by atoms with Crippen molar-refractivity contribution in [2.75, 3.05) is 6.61 Å². The normalized spacial score (nSPS) is 28.7. The van der Waals surface area contributed by atoms with Crippen LogP contribution in [0.2, 0.25) is 0 Å². The van der Waals surface area contributed by atoms with Crippen LogP contribution in [-0.4, -0.2) is 12.7 Å². The molecule has 1 fully saturated rings. The predicted octanol–water partition coefficient (Wildman–Crippen LogP) is 2.51. The summed E-state index contributed by atoms with van der Waals surface area (Å²) in [5, 5.41) is 0. The van der Waals surface area contributed by atoms with Crippen LogP contribution < -0.4 is 0 Å². The van der Waals surface area contributed by atoms with Crippen molar-refractivity contribution in [3.05, 3.63) is 35.9 Å². The van der Waals surface area contributed by atoms with Gasteiger partial charge in [-0.1, -0.05) is 30.3 Å². The molecule has 2 heteroatoms. The summed E-state index contributed by atoms with van der Waals surface area (Å²) >= 11 is 0. The Hall–Kier alpha value is -0.860. The second-order valence-electron chi connectivity index (χ2n) is 3.53. The summed E-state index contributed by atoms with van der Waals surface area (Å²) in [6.07, 6.45) is 1.25. The van der Waals surface area contributed by atoms with Crippen LogP contribution in [0.15, 0.2) is 30.3 Å². The molecule has 0 unspecified atom stereocenters. The summed E-state index contributed by atoms with van der Waals surface area (Å²) in [5.74, 6) is 0.491. The van der Waals surface area contributed by atoms with Crippen LogP contribution in [0.1, 0.15) is 24.8 Å². The highest BCUT2D eigenvalue weighted by Crippen LogP contribution is 2.26. The van der Waals surface area contributed by atoms with Crippen LogP contribution in [0, 0.1) is 0 Å². The number of rotatable bonds is 1. The Morgan fingerprint density at radius 3 is 2.69 bits per heavy atom. The van der Waals surface area contributed by atoms with E-state index < -0.39 is 0 Å². The summed E-state index contributed by atoms with van der Waals surface area (Å²) < 4.78 is 0. The van der Waals surface area contributed by atoms with Gasteiger partial charge >= 0.3 is 0 Å². The molecule has 1 aliphatic rings. The molecule has 1 heterocycles. The fraction of sp³-hybridized carbons (Fsp3) is 0.455.